The van der Waals surface area contributed by atoms with E-state index in [0.29, 0.717) is 64.4 Å². The number of aromatic amines is 2. The van der Waals surface area contributed by atoms with Crippen LogP contribution in [0.15, 0.2) is 73.4 Å². The van der Waals surface area contributed by atoms with Gasteiger partial charge in [0, 0.05) is 141 Å². The van der Waals surface area contributed by atoms with Gasteiger partial charge < -0.3 is 126 Å². The number of aliphatic hydroxyl groups is 1. The standard InChI is InChI=1S/C90H135N23O22S2/c1-12-49(4)75(103-52(7)115)87(131)108-66-45-136-137-46-67(85(129)110-76(51(6)114)86(130)96-30-31-134-32-33-135-44-74(121)104-62(77(92)122)23-17-18-29-101-90(8,9)10)109-82(126)63(24-19-28-97-88(93)94)105-80(124)54(35-57-41-95-47-100-57)37-69(116)50(5)102-73(120)42-99-79(123)53(34-55-40-98-61-22-15-13-20-58(55)61)38-71(118)78(112-89(132)133)111-83(127)64(26-27-72(91)119)106-84(128)65(107-81(125)60(48(2)3)39-70(66)117)36-56-43-113(11)68-25-16-14-21-59(56)68/h13-16,20-22,25,40-41,43,47-51,53-54,60,62-67,75-76,78,98,101,112,114H,12,17-19,23-24,26-39,42,44-46H2,1-11H3,(H2,91,119)(H2,92,122)(H,95,100)(H,96,130)(H,99,123)(H,102,120)(H,103,115)(H,104,121)(H,105,124)(H,106,128)(H,107,125)(H,108,131)(H,109,126)(H,110,129)(H,111,127)(H,132,133)(H4,93,94,97)/t49-,50-,51+,53+,54+,60-,62-,63-,64-,65-,66-,67-,75-,76-,78-/m0/s1. The zero-order chi connectivity index (χ0) is 101. The van der Waals surface area contributed by atoms with Crippen LogP contribution in [0.2, 0.25) is 0 Å². The van der Waals surface area contributed by atoms with Crippen LogP contribution >= 0.6 is 21.6 Å². The molecule has 0 bridgehead atoms. The number of aryl methyl sites for hydroxylation is 1. The highest BCUT2D eigenvalue weighted by atomic mass is 33.1. The molecule has 26 N–H and O–H groups in total. The van der Waals surface area contributed by atoms with Crippen molar-refractivity contribution in [3.8, 4) is 0 Å². The van der Waals surface area contributed by atoms with Gasteiger partial charge in [-0.1, -0.05) is 92.1 Å². The molecular weight excluding hydrogens is 1820 g/mol. The number of rotatable bonds is 39. The Balaban J connectivity index is 1.42. The van der Waals surface area contributed by atoms with Gasteiger partial charge in [-0.3, -0.25) is 92.2 Å². The highest BCUT2D eigenvalue weighted by Crippen LogP contribution is 2.29. The van der Waals surface area contributed by atoms with Crippen LogP contribution in [0.4, 0.5) is 4.79 Å². The van der Waals surface area contributed by atoms with Gasteiger partial charge in [-0.25, -0.2) is 9.78 Å². The SMILES string of the molecule is CC[C@H](C)[C@H](NC(C)=O)C(=O)N[C@H]1CSSC[C@@H](C(=O)N[C@H](C(=O)NCCOCCOCC(=O)N[C@@H](CCCCNC(C)(C)C)C(N)=O)[C@@H](C)O)NC(=O)[C@H](CCCNC(=N)N)NC(=O)[C@H](Cc2cnc[nH]2)CC(=O)[C@H](C)NC(=O)CNC(=O)[C@H](Cc2c[nH]c3ccccc23)CC(=O)[C@H](NC(=O)O)NC(=O)[C@H](CCC(N)=O)NC(=O)[C@H](Cc2cn(C)c3ccccc23)NC(=O)[C@H](C(C)C)CC1=O. The number of hydrogen-bond donors (Lipinski definition) is 23. The van der Waals surface area contributed by atoms with Crippen molar-refractivity contribution in [2.75, 3.05) is 64.1 Å². The number of ether oxygens (including phenoxy) is 2. The number of benzene rings is 2. The lowest BCUT2D eigenvalue weighted by Crippen LogP contribution is -2.60. The molecule has 1 fully saturated rings. The molecule has 15 amide bonds. The molecular formula is C90H135N23O22S2. The minimum absolute atomic E-state index is 0.0147. The molecule has 4 heterocycles. The fourth-order valence-electron chi connectivity index (χ4n) is 14.9. The monoisotopic (exact) mass is 1950 g/mol. The van der Waals surface area contributed by atoms with Crippen molar-refractivity contribution in [3.05, 3.63) is 90.3 Å². The Bertz CT molecular complexity index is 4980. The molecule has 15 atom stereocenters. The lowest BCUT2D eigenvalue weighted by Gasteiger charge is -2.29. The third kappa shape index (κ3) is 39.2. The normalized spacial score (nSPS) is 21.2. The number of carbonyl (C=O) groups is 18. The van der Waals surface area contributed by atoms with Crippen molar-refractivity contribution >= 4 is 155 Å². The molecule has 0 aliphatic carbocycles. The fourth-order valence-corrected chi connectivity index (χ4v) is 17.3. The number of unbranched alkanes of at least 4 members (excludes halogenated alkanes) is 1. The van der Waals surface area contributed by atoms with Crippen molar-refractivity contribution in [1.29, 1.82) is 5.41 Å². The van der Waals surface area contributed by atoms with E-state index in [9.17, 15) is 67.7 Å². The summed E-state index contributed by atoms with van der Waals surface area (Å²) < 4.78 is 12.8. The van der Waals surface area contributed by atoms with Crippen molar-refractivity contribution in [3.63, 3.8) is 0 Å². The average Bonchev–Trinajstić information content (AvgIpc) is 1.66. The van der Waals surface area contributed by atoms with Crippen LogP contribution in [0.3, 0.4) is 0 Å². The van der Waals surface area contributed by atoms with E-state index < -0.39 is 265 Å². The number of guanidine groups is 1. The summed E-state index contributed by atoms with van der Waals surface area (Å²) in [6, 6.07) is 0.0372. The molecule has 47 heteroatoms. The number of carboxylic acid groups (broad SMARTS) is 1. The summed E-state index contributed by atoms with van der Waals surface area (Å²) in [5.41, 5.74) is 19.3. The second kappa shape index (κ2) is 56.8. The molecule has 1 aliphatic rings. The number of imidazole rings is 1. The molecule has 1 saturated heterocycles. The number of carbonyl (C=O) groups excluding carboxylic acids is 17. The smallest absolute Gasteiger partial charge is 0.406 e. The highest BCUT2D eigenvalue weighted by molar-refractivity contribution is 8.76. The molecule has 6 rings (SSSR count). The number of para-hydroxylation sites is 2. The van der Waals surface area contributed by atoms with Gasteiger partial charge in [-0.05, 0) is 121 Å². The molecule has 0 saturated carbocycles. The van der Waals surface area contributed by atoms with Crippen LogP contribution in [0, 0.1) is 35.0 Å². The van der Waals surface area contributed by atoms with E-state index in [1.54, 1.807) is 100 Å². The van der Waals surface area contributed by atoms with Crippen LogP contribution in [0.25, 0.3) is 21.8 Å². The van der Waals surface area contributed by atoms with Crippen LogP contribution < -0.4 is 97.0 Å². The Kier molecular flexibility index (Phi) is 46.9. The minimum atomic E-state index is -2.21. The van der Waals surface area contributed by atoms with E-state index >= 15 is 28.8 Å². The zero-order valence-corrected chi connectivity index (χ0v) is 80.8. The molecule has 45 nitrogen and oxygen atoms in total. The van der Waals surface area contributed by atoms with Crippen molar-refractivity contribution in [2.24, 2.45) is 53.8 Å². The summed E-state index contributed by atoms with van der Waals surface area (Å²) in [6.45, 7) is 15.1. The first kappa shape index (κ1) is 113. The first-order valence-electron chi connectivity index (χ1n) is 45.5. The predicted octanol–water partition coefficient (Wildman–Crippen LogP) is -1.43. The van der Waals surface area contributed by atoms with Crippen molar-refractivity contribution < 1.29 is 106 Å². The van der Waals surface area contributed by atoms with Crippen LogP contribution in [-0.2, 0) is 117 Å². The number of H-pyrrole nitrogens is 2. The second-order valence-electron chi connectivity index (χ2n) is 35.3. The minimum Gasteiger partial charge on any atom is -0.465 e. The molecule has 0 radical (unpaired) electrons. The number of aromatic nitrogens is 4. The molecule has 137 heavy (non-hydrogen) atoms. The molecule has 1 aliphatic heterocycles. The number of nitrogens with two attached hydrogens (primary N) is 3. The highest BCUT2D eigenvalue weighted by Gasteiger charge is 2.40. The van der Waals surface area contributed by atoms with E-state index in [0.717, 1.165) is 28.0 Å². The van der Waals surface area contributed by atoms with Crippen molar-refractivity contribution in [1.82, 2.24) is 99.3 Å². The fraction of sp³-hybridized carbons (Fsp3) is 0.578. The quantitative estimate of drug-likeness (QED) is 0.00928. The lowest BCUT2D eigenvalue weighted by molar-refractivity contribution is -0.136. The van der Waals surface area contributed by atoms with E-state index in [1.807, 2.05) is 26.1 Å². The van der Waals surface area contributed by atoms with E-state index in [1.165, 1.54) is 33.3 Å². The summed E-state index contributed by atoms with van der Waals surface area (Å²) in [5.74, 6) is -22.6. The van der Waals surface area contributed by atoms with E-state index in [4.69, 9.17) is 32.1 Å². The van der Waals surface area contributed by atoms with Gasteiger partial charge in [-0.15, -0.1) is 0 Å². The number of amides is 15. The number of aliphatic hydroxyl groups excluding tert-OH is 1. The summed E-state index contributed by atoms with van der Waals surface area (Å²) in [7, 11) is 3.42. The zero-order valence-electron chi connectivity index (χ0n) is 79.1. The van der Waals surface area contributed by atoms with Gasteiger partial charge in [0.25, 0.3) is 0 Å². The van der Waals surface area contributed by atoms with E-state index in [2.05, 4.69) is 89.4 Å². The first-order chi connectivity index (χ1) is 64.8. The van der Waals surface area contributed by atoms with E-state index in [-0.39, 0.29) is 70.6 Å². The molecule has 754 valence electrons. The first-order valence-corrected chi connectivity index (χ1v) is 48.0. The molecule has 0 spiro atoms. The Morgan fingerprint density at radius 2 is 1.30 bits per heavy atom. The summed E-state index contributed by atoms with van der Waals surface area (Å²) >= 11 is 0. The van der Waals surface area contributed by atoms with Gasteiger partial charge in [0.1, 0.15) is 48.9 Å². The van der Waals surface area contributed by atoms with Gasteiger partial charge in [0.2, 0.25) is 82.7 Å². The summed E-state index contributed by atoms with van der Waals surface area (Å²) in [4.78, 5) is 266. The maximum Gasteiger partial charge on any atom is 0.406 e. The molecule has 2 aromatic carbocycles. The Labute approximate surface area is 801 Å². The second-order valence-corrected chi connectivity index (χ2v) is 37.8. The van der Waals surface area contributed by atoms with Crippen LogP contribution in [-0.4, -0.2) is 278 Å². The maximum absolute atomic E-state index is 15.4. The maximum atomic E-state index is 15.4. The average molecular weight is 1960 g/mol. The number of nitrogens with one attached hydrogen (secondary N) is 18. The van der Waals surface area contributed by atoms with Gasteiger partial charge in [0.05, 0.1) is 56.8 Å². The third-order valence-electron chi connectivity index (χ3n) is 22.7. The number of fused-ring (bicyclic) bond motifs is 2. The van der Waals surface area contributed by atoms with Crippen LogP contribution in [0.1, 0.15) is 157 Å². The Morgan fingerprint density at radius 3 is 1.96 bits per heavy atom. The van der Waals surface area contributed by atoms with Gasteiger partial charge in [-0.2, -0.15) is 0 Å². The number of hydrogen-bond acceptors (Lipinski definition) is 26. The molecule has 0 unspecified atom stereocenters. The van der Waals surface area contributed by atoms with Gasteiger partial charge >= 0.3 is 6.09 Å². The molecule has 5 aromatic rings. The lowest BCUT2D eigenvalue weighted by atomic mass is 9.87. The number of Topliss-reactive ketones (excluding diaryl/α,β-unsaturated/α-hetero) is 3. The van der Waals surface area contributed by atoms with Crippen LogP contribution in [0.5, 0.6) is 0 Å². The summed E-state index contributed by atoms with van der Waals surface area (Å²) in [5, 5.41) is 69.4. The number of ketones is 3. The third-order valence-corrected chi connectivity index (χ3v) is 25.1. The largest absolute Gasteiger partial charge is 0.465 e. The Morgan fingerprint density at radius 1 is 0.650 bits per heavy atom. The predicted molar refractivity (Wildman–Crippen MR) is 509 cm³/mol. The number of nitrogens with zero attached hydrogens (tertiary/aromatic N) is 2. The van der Waals surface area contributed by atoms with Crippen molar-refractivity contribution in [2.45, 2.75) is 231 Å². The topological polar surface area (TPSA) is 698 Å². The summed E-state index contributed by atoms with van der Waals surface area (Å²) in [6.07, 6.45) is -2.37. The number of primary amides is 2. The Hall–Kier alpha value is -12.6. The van der Waals surface area contributed by atoms with Gasteiger partial charge in [0.15, 0.2) is 29.5 Å². The molecule has 3 aromatic heterocycles.